The molecule has 1 heterocycles. The molecule has 3 N–H and O–H groups in total. The van der Waals surface area contributed by atoms with Gasteiger partial charge in [-0.1, -0.05) is 38.5 Å². The van der Waals surface area contributed by atoms with Crippen molar-refractivity contribution in [3.05, 3.63) is 35.4 Å². The van der Waals surface area contributed by atoms with Crippen LogP contribution in [-0.2, 0) is 5.54 Å². The fourth-order valence-corrected chi connectivity index (χ4v) is 4.09. The molecule has 3 heteroatoms. The lowest BCUT2D eigenvalue weighted by Gasteiger charge is -2.42. The van der Waals surface area contributed by atoms with Gasteiger partial charge < -0.3 is 11.1 Å². The first-order chi connectivity index (χ1) is 9.01. The van der Waals surface area contributed by atoms with Crippen molar-refractivity contribution in [1.29, 1.82) is 0 Å². The van der Waals surface area contributed by atoms with Gasteiger partial charge in [-0.25, -0.2) is 0 Å². The van der Waals surface area contributed by atoms with Gasteiger partial charge in [-0.3, -0.25) is 4.79 Å². The van der Waals surface area contributed by atoms with E-state index < -0.39 is 0 Å². The van der Waals surface area contributed by atoms with Crippen LogP contribution in [0.5, 0.6) is 0 Å². The number of amides is 1. The average molecular weight is 258 g/mol. The molecule has 1 saturated carbocycles. The zero-order chi connectivity index (χ0) is 13.7. The van der Waals surface area contributed by atoms with E-state index in [9.17, 15) is 4.79 Å². The Kier molecular flexibility index (Phi) is 2.72. The van der Waals surface area contributed by atoms with Crippen LogP contribution in [0.2, 0.25) is 0 Å². The third-order valence-corrected chi connectivity index (χ3v) is 5.12. The van der Waals surface area contributed by atoms with Gasteiger partial charge in [0.2, 0.25) is 0 Å². The highest BCUT2D eigenvalue weighted by Gasteiger charge is 2.55. The molecule has 1 fully saturated rings. The monoisotopic (exact) mass is 258 g/mol. The Morgan fingerprint density at radius 3 is 2.89 bits per heavy atom. The summed E-state index contributed by atoms with van der Waals surface area (Å²) in [5, 5.41) is 3.29. The Hall–Kier alpha value is -1.35. The summed E-state index contributed by atoms with van der Waals surface area (Å²) in [7, 11) is 0. The average Bonchev–Trinajstić information content (AvgIpc) is 2.95. The summed E-state index contributed by atoms with van der Waals surface area (Å²) in [6, 6.07) is 8.02. The van der Waals surface area contributed by atoms with E-state index in [4.69, 9.17) is 5.73 Å². The van der Waals surface area contributed by atoms with E-state index in [1.807, 2.05) is 18.2 Å². The molecular formula is C16H22N2O. The molecule has 0 radical (unpaired) electrons. The van der Waals surface area contributed by atoms with Crippen molar-refractivity contribution in [3.8, 4) is 0 Å². The summed E-state index contributed by atoms with van der Waals surface area (Å²) >= 11 is 0. The van der Waals surface area contributed by atoms with Crippen LogP contribution in [0.3, 0.4) is 0 Å². The second-order valence-electron chi connectivity index (χ2n) is 6.61. The Morgan fingerprint density at radius 1 is 1.42 bits per heavy atom. The maximum absolute atomic E-state index is 12.2. The van der Waals surface area contributed by atoms with Crippen molar-refractivity contribution in [1.82, 2.24) is 5.32 Å². The Labute approximate surface area is 114 Å². The summed E-state index contributed by atoms with van der Waals surface area (Å²) in [6.07, 6.45) is 3.32. The molecule has 0 bridgehead atoms. The number of nitrogens with one attached hydrogen (secondary N) is 1. The van der Waals surface area contributed by atoms with E-state index in [-0.39, 0.29) is 16.9 Å². The minimum absolute atomic E-state index is 0.0429. The van der Waals surface area contributed by atoms with Gasteiger partial charge in [0.1, 0.15) is 0 Å². The van der Waals surface area contributed by atoms with Crippen LogP contribution in [0.15, 0.2) is 24.3 Å². The standard InChI is InChI=1S/C16H22N2O/c1-15(2,10-17)13-8-5-9-16(13)12-7-4-3-6-11(12)14(19)18-16/h3-4,6-7,13H,5,8-10,17H2,1-2H3,(H,18,19). The third kappa shape index (κ3) is 1.64. The van der Waals surface area contributed by atoms with Gasteiger partial charge in [0, 0.05) is 5.56 Å². The number of carbonyl (C=O) groups is 1. The largest absolute Gasteiger partial charge is 0.342 e. The minimum atomic E-state index is -0.184. The van der Waals surface area contributed by atoms with E-state index in [2.05, 4.69) is 25.2 Å². The molecule has 0 aromatic heterocycles. The molecule has 2 aliphatic rings. The molecular weight excluding hydrogens is 236 g/mol. The molecule has 3 rings (SSSR count). The molecule has 2 unspecified atom stereocenters. The lowest BCUT2D eigenvalue weighted by Crippen LogP contribution is -2.49. The van der Waals surface area contributed by atoms with Crippen molar-refractivity contribution < 1.29 is 4.79 Å². The van der Waals surface area contributed by atoms with Crippen molar-refractivity contribution in [2.75, 3.05) is 6.54 Å². The molecule has 1 amide bonds. The molecule has 1 aliphatic carbocycles. The first kappa shape index (κ1) is 12.7. The predicted octanol–water partition coefficient (Wildman–Crippen LogP) is 2.41. The number of benzene rings is 1. The van der Waals surface area contributed by atoms with E-state index in [0.717, 1.165) is 24.8 Å². The lowest BCUT2D eigenvalue weighted by atomic mass is 9.67. The van der Waals surface area contributed by atoms with Gasteiger partial charge in [0.05, 0.1) is 5.54 Å². The van der Waals surface area contributed by atoms with Gasteiger partial charge in [0.15, 0.2) is 0 Å². The van der Waals surface area contributed by atoms with Crippen molar-refractivity contribution in [2.45, 2.75) is 38.6 Å². The van der Waals surface area contributed by atoms with E-state index in [1.165, 1.54) is 5.56 Å². The summed E-state index contributed by atoms with van der Waals surface area (Å²) in [6.45, 7) is 5.09. The fourth-order valence-electron chi connectivity index (χ4n) is 4.09. The molecule has 1 aromatic rings. The van der Waals surface area contributed by atoms with Crippen molar-refractivity contribution >= 4 is 5.91 Å². The summed E-state index contributed by atoms with van der Waals surface area (Å²) < 4.78 is 0. The van der Waals surface area contributed by atoms with Crippen LogP contribution in [0.25, 0.3) is 0 Å². The van der Waals surface area contributed by atoms with Gasteiger partial charge in [-0.05, 0) is 42.3 Å². The quantitative estimate of drug-likeness (QED) is 0.856. The van der Waals surface area contributed by atoms with Crippen LogP contribution in [0.4, 0.5) is 0 Å². The fraction of sp³-hybridized carbons (Fsp3) is 0.562. The first-order valence-corrected chi connectivity index (χ1v) is 7.13. The SMILES string of the molecule is CC(C)(CN)C1CCCC12NC(=O)c1ccccc12. The van der Waals surface area contributed by atoms with Crippen molar-refractivity contribution in [2.24, 2.45) is 17.1 Å². The van der Waals surface area contributed by atoms with E-state index >= 15 is 0 Å². The Bertz CT molecular complexity index is 523. The van der Waals surface area contributed by atoms with Crippen LogP contribution in [-0.4, -0.2) is 12.5 Å². The number of fused-ring (bicyclic) bond motifs is 2. The number of hydrogen-bond acceptors (Lipinski definition) is 2. The van der Waals surface area contributed by atoms with Crippen molar-refractivity contribution in [3.63, 3.8) is 0 Å². The summed E-state index contributed by atoms with van der Waals surface area (Å²) in [5.41, 5.74) is 7.87. The summed E-state index contributed by atoms with van der Waals surface area (Å²) in [4.78, 5) is 12.2. The van der Waals surface area contributed by atoms with Gasteiger partial charge in [-0.15, -0.1) is 0 Å². The molecule has 1 aromatic carbocycles. The molecule has 102 valence electrons. The van der Waals surface area contributed by atoms with Gasteiger partial charge in [-0.2, -0.15) is 0 Å². The smallest absolute Gasteiger partial charge is 0.252 e. The molecule has 0 saturated heterocycles. The maximum atomic E-state index is 12.2. The number of rotatable bonds is 2. The predicted molar refractivity (Wildman–Crippen MR) is 75.8 cm³/mol. The maximum Gasteiger partial charge on any atom is 0.252 e. The Balaban J connectivity index is 2.12. The molecule has 3 nitrogen and oxygen atoms in total. The highest BCUT2D eigenvalue weighted by Crippen LogP contribution is 2.54. The first-order valence-electron chi connectivity index (χ1n) is 7.13. The molecule has 1 aliphatic heterocycles. The molecule has 19 heavy (non-hydrogen) atoms. The topological polar surface area (TPSA) is 55.1 Å². The van der Waals surface area contributed by atoms with Crippen LogP contribution in [0.1, 0.15) is 49.0 Å². The van der Waals surface area contributed by atoms with Crippen LogP contribution in [0, 0.1) is 11.3 Å². The lowest BCUT2D eigenvalue weighted by molar-refractivity contribution is 0.0819. The molecule has 2 atom stereocenters. The third-order valence-electron chi connectivity index (χ3n) is 5.12. The van der Waals surface area contributed by atoms with Gasteiger partial charge in [0.25, 0.3) is 5.91 Å². The highest BCUT2D eigenvalue weighted by atomic mass is 16.2. The molecule has 1 spiro atoms. The van der Waals surface area contributed by atoms with E-state index in [0.29, 0.717) is 12.5 Å². The number of nitrogens with two attached hydrogens (primary N) is 1. The zero-order valence-corrected chi connectivity index (χ0v) is 11.7. The zero-order valence-electron chi connectivity index (χ0n) is 11.7. The van der Waals surface area contributed by atoms with Crippen LogP contribution < -0.4 is 11.1 Å². The van der Waals surface area contributed by atoms with Gasteiger partial charge >= 0.3 is 0 Å². The van der Waals surface area contributed by atoms with E-state index in [1.54, 1.807) is 0 Å². The normalized spacial score (nSPS) is 29.6. The number of carbonyl (C=O) groups excluding carboxylic acids is 1. The minimum Gasteiger partial charge on any atom is -0.342 e. The Morgan fingerprint density at radius 2 is 2.16 bits per heavy atom. The number of hydrogen-bond donors (Lipinski definition) is 2. The second kappa shape index (κ2) is 4.07. The highest BCUT2D eigenvalue weighted by molar-refractivity contribution is 6.00. The summed E-state index contributed by atoms with van der Waals surface area (Å²) in [5.74, 6) is 0.493. The second-order valence-corrected chi connectivity index (χ2v) is 6.61. The van der Waals surface area contributed by atoms with Crippen LogP contribution >= 0.6 is 0 Å².